The predicted octanol–water partition coefficient (Wildman–Crippen LogP) is 3.86. The summed E-state index contributed by atoms with van der Waals surface area (Å²) < 4.78 is 29.2. The molecule has 2 aromatic rings. The van der Waals surface area contributed by atoms with E-state index in [9.17, 15) is 8.42 Å². The highest BCUT2D eigenvalue weighted by Crippen LogP contribution is 2.22. The molecular weight excluding hydrogens is 296 g/mol. The molecule has 20 heavy (non-hydrogen) atoms. The number of hydrogen-bond acceptors (Lipinski definition) is 3. The van der Waals surface area contributed by atoms with Gasteiger partial charge in [0, 0.05) is 10.6 Å². The molecule has 0 aliphatic rings. The smallest absolute Gasteiger partial charge is 0.261 e. The molecule has 0 aliphatic heterocycles. The summed E-state index contributed by atoms with van der Waals surface area (Å²) in [5.41, 5.74) is 2.58. The second kappa shape index (κ2) is 5.95. The van der Waals surface area contributed by atoms with E-state index in [-0.39, 0.29) is 11.5 Å². The van der Waals surface area contributed by atoms with Gasteiger partial charge in [-0.2, -0.15) is 8.42 Å². The lowest BCUT2D eigenvalue weighted by Gasteiger charge is -2.09. The minimum atomic E-state index is -3.77. The summed E-state index contributed by atoms with van der Waals surface area (Å²) in [6.07, 6.45) is 0. The Labute approximate surface area is 124 Å². The number of aryl methyl sites for hydroxylation is 2. The van der Waals surface area contributed by atoms with Crippen LogP contribution in [0.25, 0.3) is 0 Å². The zero-order chi connectivity index (χ0) is 14.8. The molecule has 0 fully saturated rings. The second-order valence-corrected chi connectivity index (χ2v) is 6.59. The standard InChI is InChI=1S/C15H15ClO3S/c1-11-6-8-13(9-7-11)20(17,18)19-10-14-12(2)4-3-5-15(14)16/h3-9H,10H2,1-2H3. The third-order valence-electron chi connectivity index (χ3n) is 3.02. The Hall–Kier alpha value is -1.36. The molecule has 0 N–H and O–H groups in total. The molecule has 0 heterocycles. The summed E-state index contributed by atoms with van der Waals surface area (Å²) in [4.78, 5) is 0.146. The van der Waals surface area contributed by atoms with Gasteiger partial charge in [-0.15, -0.1) is 0 Å². The Morgan fingerprint density at radius 2 is 1.70 bits per heavy atom. The molecule has 2 rings (SSSR count). The number of halogens is 1. The van der Waals surface area contributed by atoms with Gasteiger partial charge in [0.25, 0.3) is 10.1 Å². The van der Waals surface area contributed by atoms with Crippen molar-refractivity contribution >= 4 is 21.7 Å². The largest absolute Gasteiger partial charge is 0.297 e. The quantitative estimate of drug-likeness (QED) is 0.805. The molecule has 0 aliphatic carbocycles. The van der Waals surface area contributed by atoms with Gasteiger partial charge in [-0.05, 0) is 37.6 Å². The lowest BCUT2D eigenvalue weighted by Crippen LogP contribution is -2.07. The molecule has 106 valence electrons. The summed E-state index contributed by atoms with van der Waals surface area (Å²) in [7, 11) is -3.77. The number of hydrogen-bond donors (Lipinski definition) is 0. The molecule has 0 amide bonds. The monoisotopic (exact) mass is 310 g/mol. The van der Waals surface area contributed by atoms with E-state index >= 15 is 0 Å². The highest BCUT2D eigenvalue weighted by molar-refractivity contribution is 7.86. The number of rotatable bonds is 4. The van der Waals surface area contributed by atoms with Crippen molar-refractivity contribution in [2.24, 2.45) is 0 Å². The van der Waals surface area contributed by atoms with Gasteiger partial charge >= 0.3 is 0 Å². The van der Waals surface area contributed by atoms with Crippen molar-refractivity contribution in [3.05, 3.63) is 64.2 Å². The number of benzene rings is 2. The van der Waals surface area contributed by atoms with Crippen LogP contribution in [-0.2, 0) is 20.9 Å². The Morgan fingerprint density at radius 3 is 2.30 bits per heavy atom. The highest BCUT2D eigenvalue weighted by atomic mass is 35.5. The van der Waals surface area contributed by atoms with Crippen molar-refractivity contribution in [3.63, 3.8) is 0 Å². The average Bonchev–Trinajstić information content (AvgIpc) is 2.38. The Kier molecular flexibility index (Phi) is 4.48. The zero-order valence-corrected chi connectivity index (χ0v) is 12.8. The molecule has 2 aromatic carbocycles. The van der Waals surface area contributed by atoms with Crippen LogP contribution in [0.1, 0.15) is 16.7 Å². The Balaban J connectivity index is 2.20. The van der Waals surface area contributed by atoms with Gasteiger partial charge in [-0.25, -0.2) is 0 Å². The molecule has 0 unspecified atom stereocenters. The van der Waals surface area contributed by atoms with Crippen molar-refractivity contribution in [3.8, 4) is 0 Å². The molecule has 3 nitrogen and oxygen atoms in total. The summed E-state index contributed by atoms with van der Waals surface area (Å²) >= 11 is 6.05. The Bertz CT molecular complexity index is 686. The fourth-order valence-corrected chi connectivity index (χ4v) is 2.91. The van der Waals surface area contributed by atoms with Gasteiger partial charge < -0.3 is 0 Å². The molecule has 0 aromatic heterocycles. The van der Waals surface area contributed by atoms with Crippen LogP contribution < -0.4 is 0 Å². The molecule has 0 saturated carbocycles. The van der Waals surface area contributed by atoms with Crippen molar-refractivity contribution in [2.75, 3.05) is 0 Å². The molecule has 0 bridgehead atoms. The molecule has 0 atom stereocenters. The summed E-state index contributed by atoms with van der Waals surface area (Å²) in [5.74, 6) is 0. The summed E-state index contributed by atoms with van der Waals surface area (Å²) in [6.45, 7) is 3.69. The zero-order valence-electron chi connectivity index (χ0n) is 11.3. The molecule has 0 spiro atoms. The van der Waals surface area contributed by atoms with Crippen LogP contribution >= 0.6 is 11.6 Å². The van der Waals surface area contributed by atoms with E-state index in [0.717, 1.165) is 11.1 Å². The normalized spacial score (nSPS) is 11.6. The first kappa shape index (κ1) is 15.0. The summed E-state index contributed by atoms with van der Waals surface area (Å²) in [5, 5.41) is 0.504. The van der Waals surface area contributed by atoms with Crippen molar-refractivity contribution < 1.29 is 12.6 Å². The first-order valence-electron chi connectivity index (χ1n) is 6.10. The lowest BCUT2D eigenvalue weighted by atomic mass is 10.1. The molecule has 0 saturated heterocycles. The van der Waals surface area contributed by atoms with E-state index in [1.165, 1.54) is 12.1 Å². The molecule has 0 radical (unpaired) electrons. The topological polar surface area (TPSA) is 43.4 Å². The maximum absolute atomic E-state index is 12.1. The third-order valence-corrected chi connectivity index (χ3v) is 4.65. The summed E-state index contributed by atoms with van der Waals surface area (Å²) in [6, 6.07) is 11.9. The SMILES string of the molecule is Cc1ccc(S(=O)(=O)OCc2c(C)cccc2Cl)cc1. The van der Waals surface area contributed by atoms with Crippen LogP contribution in [0.4, 0.5) is 0 Å². The average molecular weight is 311 g/mol. The van der Waals surface area contributed by atoms with Crippen molar-refractivity contribution in [1.29, 1.82) is 0 Å². The van der Waals surface area contributed by atoms with E-state index in [0.29, 0.717) is 10.6 Å². The second-order valence-electron chi connectivity index (χ2n) is 4.56. The van der Waals surface area contributed by atoms with E-state index in [1.807, 2.05) is 26.0 Å². The maximum atomic E-state index is 12.1. The van der Waals surface area contributed by atoms with E-state index in [1.54, 1.807) is 18.2 Å². The van der Waals surface area contributed by atoms with Crippen LogP contribution in [0, 0.1) is 13.8 Å². The van der Waals surface area contributed by atoms with E-state index in [4.69, 9.17) is 15.8 Å². The minimum Gasteiger partial charge on any atom is -0.261 e. The van der Waals surface area contributed by atoms with Gasteiger partial charge in [0.1, 0.15) is 0 Å². The van der Waals surface area contributed by atoms with Gasteiger partial charge in [0.2, 0.25) is 0 Å². The Morgan fingerprint density at radius 1 is 1.05 bits per heavy atom. The minimum absolute atomic E-state index is 0.0677. The highest BCUT2D eigenvalue weighted by Gasteiger charge is 2.16. The van der Waals surface area contributed by atoms with Gasteiger partial charge in [0.05, 0.1) is 11.5 Å². The lowest BCUT2D eigenvalue weighted by molar-refractivity contribution is 0.307. The van der Waals surface area contributed by atoms with Gasteiger partial charge in [0.15, 0.2) is 0 Å². The third kappa shape index (κ3) is 3.39. The maximum Gasteiger partial charge on any atom is 0.297 e. The van der Waals surface area contributed by atoms with Crippen LogP contribution in [0.3, 0.4) is 0 Å². The van der Waals surface area contributed by atoms with Gasteiger partial charge in [-0.3, -0.25) is 4.18 Å². The first-order chi connectivity index (χ1) is 9.40. The van der Waals surface area contributed by atoms with Crippen LogP contribution in [0.5, 0.6) is 0 Å². The molecule has 5 heteroatoms. The van der Waals surface area contributed by atoms with Crippen LogP contribution in [-0.4, -0.2) is 8.42 Å². The van der Waals surface area contributed by atoms with E-state index in [2.05, 4.69) is 0 Å². The molecular formula is C15H15ClO3S. The van der Waals surface area contributed by atoms with Crippen molar-refractivity contribution in [2.45, 2.75) is 25.3 Å². The predicted molar refractivity (Wildman–Crippen MR) is 79.3 cm³/mol. The first-order valence-corrected chi connectivity index (χ1v) is 7.89. The van der Waals surface area contributed by atoms with E-state index < -0.39 is 10.1 Å². The van der Waals surface area contributed by atoms with Crippen LogP contribution in [0.15, 0.2) is 47.4 Å². The fraction of sp³-hybridized carbons (Fsp3) is 0.200. The fourth-order valence-electron chi connectivity index (χ4n) is 1.76. The van der Waals surface area contributed by atoms with Gasteiger partial charge in [-0.1, -0.05) is 41.4 Å². The van der Waals surface area contributed by atoms with Crippen LogP contribution in [0.2, 0.25) is 5.02 Å². The van der Waals surface area contributed by atoms with Crippen molar-refractivity contribution in [1.82, 2.24) is 0 Å².